The van der Waals surface area contributed by atoms with Gasteiger partial charge in [-0.2, -0.15) is 0 Å². The fourth-order valence-corrected chi connectivity index (χ4v) is 8.88. The van der Waals surface area contributed by atoms with Crippen molar-refractivity contribution in [2.75, 3.05) is 0 Å². The number of aromatic nitrogens is 5. The summed E-state index contributed by atoms with van der Waals surface area (Å²) in [6.07, 6.45) is 0. The molecule has 0 amide bonds. The molecule has 0 fully saturated rings. The standard InChI is InChI=1S/C53H33N5/c1-3-16-35(17-4-1)51-54-52(36-18-5-2-6-19-36)56-53(55-51)43-24-12-14-26-47(43)58-48-30-28-39(33-45(48)44-31-37-20-7-8-21-38(37)32-49(44)58)57-46-25-13-11-23-41(46)42-29-27-34-15-9-10-22-40(34)50(42)57/h1-33H. The molecule has 9 aromatic carbocycles. The maximum absolute atomic E-state index is 5.17. The van der Waals surface area contributed by atoms with Crippen molar-refractivity contribution in [3.63, 3.8) is 0 Å². The molecule has 12 rings (SSSR count). The number of rotatable bonds is 5. The van der Waals surface area contributed by atoms with E-state index >= 15 is 0 Å². The van der Waals surface area contributed by atoms with Crippen molar-refractivity contribution in [1.82, 2.24) is 24.1 Å². The summed E-state index contributed by atoms with van der Waals surface area (Å²) in [5, 5.41) is 9.69. The number of hydrogen-bond donors (Lipinski definition) is 0. The van der Waals surface area contributed by atoms with E-state index in [0.717, 1.165) is 39.1 Å². The zero-order chi connectivity index (χ0) is 38.2. The van der Waals surface area contributed by atoms with Crippen molar-refractivity contribution in [1.29, 1.82) is 0 Å². The molecule has 0 spiro atoms. The smallest absolute Gasteiger partial charge is 0.166 e. The van der Waals surface area contributed by atoms with Gasteiger partial charge in [0.2, 0.25) is 0 Å². The summed E-state index contributed by atoms with van der Waals surface area (Å²) in [5.41, 5.74) is 9.54. The second kappa shape index (κ2) is 12.8. The second-order valence-corrected chi connectivity index (χ2v) is 14.8. The third kappa shape index (κ3) is 5.00. The Morgan fingerprint density at radius 1 is 0.310 bits per heavy atom. The van der Waals surface area contributed by atoms with E-state index < -0.39 is 0 Å². The lowest BCUT2D eigenvalue weighted by atomic mass is 10.1. The van der Waals surface area contributed by atoms with Gasteiger partial charge >= 0.3 is 0 Å². The van der Waals surface area contributed by atoms with Crippen molar-refractivity contribution in [2.24, 2.45) is 0 Å². The minimum absolute atomic E-state index is 0.618. The van der Waals surface area contributed by atoms with E-state index in [9.17, 15) is 0 Å². The topological polar surface area (TPSA) is 48.5 Å². The van der Waals surface area contributed by atoms with Crippen LogP contribution < -0.4 is 0 Å². The first-order chi connectivity index (χ1) is 28.8. The Balaban J connectivity index is 1.15. The van der Waals surface area contributed by atoms with Crippen LogP contribution in [0.4, 0.5) is 0 Å². The Morgan fingerprint density at radius 2 is 0.879 bits per heavy atom. The number of hydrogen-bond acceptors (Lipinski definition) is 3. The molecule has 5 nitrogen and oxygen atoms in total. The van der Waals surface area contributed by atoms with Crippen molar-refractivity contribution in [3.05, 3.63) is 200 Å². The van der Waals surface area contributed by atoms with Crippen LogP contribution in [0.1, 0.15) is 0 Å². The van der Waals surface area contributed by atoms with E-state index in [-0.39, 0.29) is 0 Å². The fraction of sp³-hybridized carbons (Fsp3) is 0. The van der Waals surface area contributed by atoms with Crippen LogP contribution in [0.5, 0.6) is 0 Å². The summed E-state index contributed by atoms with van der Waals surface area (Å²) in [6, 6.07) is 71.0. The van der Waals surface area contributed by atoms with Gasteiger partial charge in [-0.3, -0.25) is 0 Å². The molecule has 0 bridgehead atoms. The monoisotopic (exact) mass is 739 g/mol. The zero-order valence-electron chi connectivity index (χ0n) is 31.3. The Morgan fingerprint density at radius 3 is 1.64 bits per heavy atom. The highest BCUT2D eigenvalue weighted by Crippen LogP contribution is 2.41. The molecule has 0 unspecified atom stereocenters. The van der Waals surface area contributed by atoms with Gasteiger partial charge in [0, 0.05) is 49.3 Å². The van der Waals surface area contributed by atoms with Crippen LogP contribution in [0.2, 0.25) is 0 Å². The van der Waals surface area contributed by atoms with Crippen molar-refractivity contribution >= 4 is 65.2 Å². The molecule has 3 heterocycles. The lowest BCUT2D eigenvalue weighted by Gasteiger charge is -2.15. The molecule has 0 aliphatic rings. The maximum atomic E-state index is 5.17. The molecule has 0 N–H and O–H groups in total. The van der Waals surface area contributed by atoms with E-state index in [1.165, 1.54) is 54.1 Å². The SMILES string of the molecule is c1ccc(-c2nc(-c3ccccc3)nc(-c3ccccc3-n3c4ccc(-n5c6ccccc6c6ccc7ccccc7c65)cc4c4cc5ccccc5cc43)n2)cc1. The van der Waals surface area contributed by atoms with Gasteiger partial charge in [-0.1, -0.05) is 152 Å². The van der Waals surface area contributed by atoms with Crippen LogP contribution in [0, 0.1) is 0 Å². The summed E-state index contributed by atoms with van der Waals surface area (Å²) in [4.78, 5) is 15.3. The van der Waals surface area contributed by atoms with Crippen LogP contribution in [0.15, 0.2) is 200 Å². The Kier molecular flexibility index (Phi) is 7.16. The van der Waals surface area contributed by atoms with Crippen LogP contribution in [0.25, 0.3) is 111 Å². The Labute approximate surface area is 333 Å². The van der Waals surface area contributed by atoms with Gasteiger partial charge in [-0.25, -0.2) is 15.0 Å². The molecule has 12 aromatic rings. The van der Waals surface area contributed by atoms with Gasteiger partial charge in [0.15, 0.2) is 17.5 Å². The first-order valence-electron chi connectivity index (χ1n) is 19.6. The zero-order valence-corrected chi connectivity index (χ0v) is 31.3. The van der Waals surface area contributed by atoms with E-state index in [2.05, 4.69) is 173 Å². The Hall–Kier alpha value is -7.89. The molecule has 0 saturated heterocycles. The molecule has 0 aliphatic carbocycles. The van der Waals surface area contributed by atoms with Crippen LogP contribution in [-0.4, -0.2) is 24.1 Å². The minimum atomic E-state index is 0.618. The molecule has 58 heavy (non-hydrogen) atoms. The molecular weight excluding hydrogens is 707 g/mol. The predicted octanol–water partition coefficient (Wildman–Crippen LogP) is 13.4. The molecule has 0 radical (unpaired) electrons. The minimum Gasteiger partial charge on any atom is -0.309 e. The third-order valence-electron chi connectivity index (χ3n) is 11.5. The molecule has 5 heteroatoms. The largest absolute Gasteiger partial charge is 0.309 e. The molecule has 0 aliphatic heterocycles. The first-order valence-corrected chi connectivity index (χ1v) is 19.6. The van der Waals surface area contributed by atoms with Crippen LogP contribution >= 0.6 is 0 Å². The number of para-hydroxylation sites is 2. The summed E-state index contributed by atoms with van der Waals surface area (Å²) in [5.74, 6) is 1.89. The molecule has 3 aromatic heterocycles. The fourth-order valence-electron chi connectivity index (χ4n) is 8.88. The van der Waals surface area contributed by atoms with Gasteiger partial charge in [0.05, 0.1) is 27.8 Å². The van der Waals surface area contributed by atoms with Gasteiger partial charge in [-0.05, 0) is 64.7 Å². The van der Waals surface area contributed by atoms with Crippen molar-refractivity contribution in [2.45, 2.75) is 0 Å². The normalized spacial score (nSPS) is 11.8. The molecule has 270 valence electrons. The van der Waals surface area contributed by atoms with E-state index in [4.69, 9.17) is 15.0 Å². The lowest BCUT2D eigenvalue weighted by Crippen LogP contribution is -2.03. The summed E-state index contributed by atoms with van der Waals surface area (Å²) in [7, 11) is 0. The first kappa shape index (κ1) is 32.4. The van der Waals surface area contributed by atoms with Gasteiger partial charge < -0.3 is 9.13 Å². The molecule has 0 atom stereocenters. The maximum Gasteiger partial charge on any atom is 0.166 e. The Bertz CT molecular complexity index is 3510. The summed E-state index contributed by atoms with van der Waals surface area (Å²) < 4.78 is 4.84. The highest BCUT2D eigenvalue weighted by atomic mass is 15.1. The van der Waals surface area contributed by atoms with E-state index in [1.54, 1.807) is 0 Å². The molecular formula is C53H33N5. The lowest BCUT2D eigenvalue weighted by molar-refractivity contribution is 1.06. The van der Waals surface area contributed by atoms with Gasteiger partial charge in [-0.15, -0.1) is 0 Å². The van der Waals surface area contributed by atoms with Gasteiger partial charge in [0.25, 0.3) is 0 Å². The van der Waals surface area contributed by atoms with Crippen molar-refractivity contribution in [3.8, 4) is 45.5 Å². The molecule has 0 saturated carbocycles. The predicted molar refractivity (Wildman–Crippen MR) is 240 cm³/mol. The summed E-state index contributed by atoms with van der Waals surface area (Å²) >= 11 is 0. The summed E-state index contributed by atoms with van der Waals surface area (Å²) in [6.45, 7) is 0. The van der Waals surface area contributed by atoms with Crippen LogP contribution in [-0.2, 0) is 0 Å². The average molecular weight is 740 g/mol. The highest BCUT2D eigenvalue weighted by molar-refractivity contribution is 6.19. The highest BCUT2D eigenvalue weighted by Gasteiger charge is 2.21. The van der Waals surface area contributed by atoms with Gasteiger partial charge in [0.1, 0.15) is 0 Å². The number of benzene rings is 9. The average Bonchev–Trinajstić information content (AvgIpc) is 3.81. The van der Waals surface area contributed by atoms with Crippen molar-refractivity contribution < 1.29 is 0 Å². The quantitative estimate of drug-likeness (QED) is 0.177. The number of nitrogens with zero attached hydrogens (tertiary/aromatic N) is 5. The third-order valence-corrected chi connectivity index (χ3v) is 11.5. The van der Waals surface area contributed by atoms with Crippen LogP contribution in [0.3, 0.4) is 0 Å². The van der Waals surface area contributed by atoms with E-state index in [1.807, 2.05) is 36.4 Å². The number of fused-ring (bicyclic) bond motifs is 9. The van der Waals surface area contributed by atoms with E-state index in [0.29, 0.717) is 17.5 Å². The second-order valence-electron chi connectivity index (χ2n) is 14.8.